The van der Waals surface area contributed by atoms with Crippen molar-refractivity contribution in [2.45, 2.75) is 19.8 Å². The van der Waals surface area contributed by atoms with Crippen molar-refractivity contribution in [1.82, 2.24) is 4.90 Å². The summed E-state index contributed by atoms with van der Waals surface area (Å²) >= 11 is 0. The number of para-hydroxylation sites is 2. The van der Waals surface area contributed by atoms with E-state index >= 15 is 0 Å². The van der Waals surface area contributed by atoms with Crippen molar-refractivity contribution < 1.29 is 19.4 Å². The molecule has 27 heavy (non-hydrogen) atoms. The molecule has 0 bridgehead atoms. The largest absolute Gasteiger partial charge is 0.506 e. The Hall–Kier alpha value is -3.02. The highest BCUT2D eigenvalue weighted by molar-refractivity contribution is 5.94. The minimum atomic E-state index is -0.174. The number of phenolic OH excluding ortho intramolecular Hbond substituents is 1. The molecule has 1 fully saturated rings. The minimum Gasteiger partial charge on any atom is -0.506 e. The number of hydrogen-bond acceptors (Lipinski definition) is 4. The van der Waals surface area contributed by atoms with Crippen LogP contribution >= 0.6 is 0 Å². The molecule has 2 aromatic carbocycles. The molecule has 6 heteroatoms. The molecule has 1 aliphatic heterocycles. The van der Waals surface area contributed by atoms with Crippen LogP contribution in [0.4, 0.5) is 5.69 Å². The first-order chi connectivity index (χ1) is 13.0. The quantitative estimate of drug-likeness (QED) is 0.796. The number of hydrogen-bond donors (Lipinski definition) is 2. The predicted molar refractivity (Wildman–Crippen MR) is 103 cm³/mol. The van der Waals surface area contributed by atoms with Gasteiger partial charge >= 0.3 is 0 Å². The maximum absolute atomic E-state index is 12.4. The van der Waals surface area contributed by atoms with Gasteiger partial charge in [-0.1, -0.05) is 29.8 Å². The summed E-state index contributed by atoms with van der Waals surface area (Å²) in [5, 5.41) is 12.5. The van der Waals surface area contributed by atoms with E-state index in [-0.39, 0.29) is 30.1 Å². The third-order valence-corrected chi connectivity index (χ3v) is 4.76. The molecule has 0 saturated carbocycles. The number of aryl methyl sites for hydroxylation is 1. The monoisotopic (exact) mass is 368 g/mol. The van der Waals surface area contributed by atoms with Gasteiger partial charge in [-0.25, -0.2) is 0 Å². The lowest BCUT2D eigenvalue weighted by molar-refractivity contribution is -0.136. The molecule has 3 rings (SSSR count). The van der Waals surface area contributed by atoms with E-state index in [4.69, 9.17) is 4.74 Å². The summed E-state index contributed by atoms with van der Waals surface area (Å²) in [5.41, 5.74) is 1.55. The standard InChI is InChI=1S/C21H24N2O4/c1-15-6-8-17(9-7-15)27-14-20(25)23-12-10-16(11-13-23)21(26)22-18-4-2-3-5-19(18)24/h2-9,16,24H,10-14H2,1H3,(H,22,26). The molecule has 2 amide bonds. The fraction of sp³-hybridized carbons (Fsp3) is 0.333. The predicted octanol–water partition coefficient (Wildman–Crippen LogP) is 2.96. The highest BCUT2D eigenvalue weighted by Crippen LogP contribution is 2.25. The number of piperidine rings is 1. The molecule has 1 aliphatic rings. The van der Waals surface area contributed by atoms with Crippen LogP contribution in [0.2, 0.25) is 0 Å². The molecule has 2 aromatic rings. The number of rotatable bonds is 5. The van der Waals surface area contributed by atoms with E-state index in [0.717, 1.165) is 5.56 Å². The minimum absolute atomic E-state index is 0.00217. The molecule has 0 radical (unpaired) electrons. The lowest BCUT2D eigenvalue weighted by atomic mass is 9.95. The zero-order chi connectivity index (χ0) is 19.2. The number of carbonyl (C=O) groups excluding carboxylic acids is 2. The first-order valence-corrected chi connectivity index (χ1v) is 9.09. The van der Waals surface area contributed by atoms with Crippen LogP contribution in [0, 0.1) is 12.8 Å². The summed E-state index contributed by atoms with van der Waals surface area (Å²) in [6.07, 6.45) is 1.19. The summed E-state index contributed by atoms with van der Waals surface area (Å²) < 4.78 is 5.54. The Labute approximate surface area is 158 Å². The van der Waals surface area contributed by atoms with Crippen molar-refractivity contribution >= 4 is 17.5 Å². The Bertz CT molecular complexity index is 796. The Morgan fingerprint density at radius 2 is 1.78 bits per heavy atom. The molecule has 0 aliphatic carbocycles. The number of nitrogens with zero attached hydrogens (tertiary/aromatic N) is 1. The van der Waals surface area contributed by atoms with Crippen molar-refractivity contribution in [2.24, 2.45) is 5.92 Å². The van der Waals surface area contributed by atoms with Gasteiger partial charge in [-0.15, -0.1) is 0 Å². The first-order valence-electron chi connectivity index (χ1n) is 9.09. The van der Waals surface area contributed by atoms with Gasteiger partial charge in [-0.2, -0.15) is 0 Å². The second kappa shape index (κ2) is 8.58. The molecule has 1 saturated heterocycles. The normalized spacial score (nSPS) is 14.6. The van der Waals surface area contributed by atoms with Gasteiger partial charge in [0, 0.05) is 19.0 Å². The van der Waals surface area contributed by atoms with E-state index < -0.39 is 0 Å². The van der Waals surface area contributed by atoms with Gasteiger partial charge in [0.2, 0.25) is 5.91 Å². The molecule has 142 valence electrons. The second-order valence-electron chi connectivity index (χ2n) is 6.76. The van der Waals surface area contributed by atoms with Gasteiger partial charge in [-0.3, -0.25) is 9.59 Å². The number of amides is 2. The third kappa shape index (κ3) is 5.00. The number of anilines is 1. The summed E-state index contributed by atoms with van der Waals surface area (Å²) in [7, 11) is 0. The third-order valence-electron chi connectivity index (χ3n) is 4.76. The van der Waals surface area contributed by atoms with Crippen molar-refractivity contribution in [1.29, 1.82) is 0 Å². The van der Waals surface area contributed by atoms with Gasteiger partial charge in [0.1, 0.15) is 11.5 Å². The topological polar surface area (TPSA) is 78.9 Å². The molecule has 6 nitrogen and oxygen atoms in total. The zero-order valence-electron chi connectivity index (χ0n) is 15.4. The lowest BCUT2D eigenvalue weighted by Crippen LogP contribution is -2.43. The molecule has 0 spiro atoms. The van der Waals surface area contributed by atoms with E-state index in [1.165, 1.54) is 6.07 Å². The maximum Gasteiger partial charge on any atom is 0.260 e. The van der Waals surface area contributed by atoms with Crippen LogP contribution in [0.15, 0.2) is 48.5 Å². The van der Waals surface area contributed by atoms with E-state index in [1.54, 1.807) is 23.1 Å². The average molecular weight is 368 g/mol. The first kappa shape index (κ1) is 18.8. The Morgan fingerprint density at radius 1 is 1.11 bits per heavy atom. The second-order valence-corrected chi connectivity index (χ2v) is 6.76. The van der Waals surface area contributed by atoms with Crippen LogP contribution < -0.4 is 10.1 Å². The zero-order valence-corrected chi connectivity index (χ0v) is 15.4. The molecule has 2 N–H and O–H groups in total. The van der Waals surface area contributed by atoms with Gasteiger partial charge in [-0.05, 0) is 44.0 Å². The van der Waals surface area contributed by atoms with Crippen LogP contribution in [0.3, 0.4) is 0 Å². The molecule has 0 unspecified atom stereocenters. The number of nitrogens with one attached hydrogen (secondary N) is 1. The van der Waals surface area contributed by atoms with Crippen LogP contribution in [-0.2, 0) is 9.59 Å². The summed E-state index contributed by atoms with van der Waals surface area (Å²) in [6, 6.07) is 14.2. The van der Waals surface area contributed by atoms with Gasteiger partial charge in [0.05, 0.1) is 5.69 Å². The van der Waals surface area contributed by atoms with Gasteiger partial charge in [0.25, 0.3) is 5.91 Å². The molecular weight excluding hydrogens is 344 g/mol. The SMILES string of the molecule is Cc1ccc(OCC(=O)N2CCC(C(=O)Nc3ccccc3O)CC2)cc1. The number of likely N-dealkylation sites (tertiary alicyclic amines) is 1. The molecule has 0 aromatic heterocycles. The van der Waals surface area contributed by atoms with E-state index in [0.29, 0.717) is 37.4 Å². The number of ether oxygens (including phenoxy) is 1. The van der Waals surface area contributed by atoms with Gasteiger partial charge in [0.15, 0.2) is 6.61 Å². The number of carbonyl (C=O) groups is 2. The molecule has 0 atom stereocenters. The van der Waals surface area contributed by atoms with E-state index in [2.05, 4.69) is 5.32 Å². The fourth-order valence-electron chi connectivity index (χ4n) is 3.08. The van der Waals surface area contributed by atoms with Crippen LogP contribution in [0.25, 0.3) is 0 Å². The Kier molecular flexibility index (Phi) is 5.96. The van der Waals surface area contributed by atoms with Gasteiger partial charge < -0.3 is 20.1 Å². The number of benzene rings is 2. The average Bonchev–Trinajstić information content (AvgIpc) is 2.69. The highest BCUT2D eigenvalue weighted by Gasteiger charge is 2.27. The number of phenols is 1. The van der Waals surface area contributed by atoms with E-state index in [9.17, 15) is 14.7 Å². The Balaban J connectivity index is 1.45. The van der Waals surface area contributed by atoms with Crippen LogP contribution in [0.1, 0.15) is 18.4 Å². The summed E-state index contributed by atoms with van der Waals surface area (Å²) in [5.74, 6) is 0.346. The van der Waals surface area contributed by atoms with Crippen LogP contribution in [-0.4, -0.2) is 41.5 Å². The highest BCUT2D eigenvalue weighted by atomic mass is 16.5. The summed E-state index contributed by atoms with van der Waals surface area (Å²) in [4.78, 5) is 26.4. The fourth-order valence-corrected chi connectivity index (χ4v) is 3.08. The number of aromatic hydroxyl groups is 1. The maximum atomic E-state index is 12.4. The lowest BCUT2D eigenvalue weighted by Gasteiger charge is -2.31. The molecular formula is C21H24N2O4. The van der Waals surface area contributed by atoms with E-state index in [1.807, 2.05) is 31.2 Å². The van der Waals surface area contributed by atoms with Crippen molar-refractivity contribution in [3.63, 3.8) is 0 Å². The van der Waals surface area contributed by atoms with Crippen molar-refractivity contribution in [2.75, 3.05) is 25.0 Å². The Morgan fingerprint density at radius 3 is 2.44 bits per heavy atom. The molecule has 1 heterocycles. The van der Waals surface area contributed by atoms with Crippen molar-refractivity contribution in [3.8, 4) is 11.5 Å². The summed E-state index contributed by atoms with van der Waals surface area (Å²) in [6.45, 7) is 3.04. The smallest absolute Gasteiger partial charge is 0.260 e. The van der Waals surface area contributed by atoms with Crippen molar-refractivity contribution in [3.05, 3.63) is 54.1 Å². The van der Waals surface area contributed by atoms with Crippen LogP contribution in [0.5, 0.6) is 11.5 Å².